The van der Waals surface area contributed by atoms with E-state index in [1.807, 2.05) is 0 Å². The standard InChI is InChI=1S/C6H10O2/c7-4-1-3-2-5(8)6(3)4/h3-8H,1-2H2. The smallest absolute Gasteiger partial charge is 0.0598 e. The zero-order valence-corrected chi connectivity index (χ0v) is 4.62. The van der Waals surface area contributed by atoms with Crippen LogP contribution in [0.3, 0.4) is 0 Å². The lowest BCUT2D eigenvalue weighted by atomic mass is 9.56. The number of rotatable bonds is 0. The zero-order chi connectivity index (χ0) is 5.72. The molecular weight excluding hydrogens is 104 g/mol. The van der Waals surface area contributed by atoms with E-state index in [1.165, 1.54) is 0 Å². The van der Waals surface area contributed by atoms with Crippen molar-refractivity contribution in [3.8, 4) is 0 Å². The van der Waals surface area contributed by atoms with E-state index >= 15 is 0 Å². The van der Waals surface area contributed by atoms with E-state index in [4.69, 9.17) is 10.2 Å². The molecule has 0 aromatic rings. The highest BCUT2D eigenvalue weighted by Crippen LogP contribution is 2.49. The molecule has 2 atom stereocenters. The number of hydrogen-bond acceptors (Lipinski definition) is 2. The van der Waals surface area contributed by atoms with Crippen molar-refractivity contribution in [2.45, 2.75) is 25.0 Å². The highest BCUT2D eigenvalue weighted by molar-refractivity contribution is 5.02. The van der Waals surface area contributed by atoms with Crippen LogP contribution >= 0.6 is 0 Å². The molecule has 0 aromatic carbocycles. The first-order valence-electron chi connectivity index (χ1n) is 3.15. The topological polar surface area (TPSA) is 40.5 Å². The van der Waals surface area contributed by atoms with Gasteiger partial charge in [-0.25, -0.2) is 0 Å². The summed E-state index contributed by atoms with van der Waals surface area (Å²) in [5.74, 6) is 0.926. The van der Waals surface area contributed by atoms with Gasteiger partial charge >= 0.3 is 0 Å². The van der Waals surface area contributed by atoms with Crippen molar-refractivity contribution in [2.75, 3.05) is 0 Å². The van der Waals surface area contributed by atoms with Gasteiger partial charge in [0.15, 0.2) is 0 Å². The predicted octanol–water partition coefficient (Wildman–Crippen LogP) is -0.252. The Labute approximate surface area is 48.1 Å². The molecule has 0 bridgehead atoms. The maximum absolute atomic E-state index is 8.95. The Morgan fingerprint density at radius 1 is 1.00 bits per heavy atom. The molecule has 2 nitrogen and oxygen atoms in total. The van der Waals surface area contributed by atoms with E-state index in [-0.39, 0.29) is 18.1 Å². The molecule has 2 saturated carbocycles. The van der Waals surface area contributed by atoms with Crippen LogP contribution in [0.5, 0.6) is 0 Å². The summed E-state index contributed by atoms with van der Waals surface area (Å²) in [6.45, 7) is 0. The third kappa shape index (κ3) is 0.361. The SMILES string of the molecule is OC1CC2CC(O)C12. The summed E-state index contributed by atoms with van der Waals surface area (Å²) in [4.78, 5) is 0. The predicted molar refractivity (Wildman–Crippen MR) is 28.2 cm³/mol. The summed E-state index contributed by atoms with van der Waals surface area (Å²) in [5, 5.41) is 17.9. The highest BCUT2D eigenvalue weighted by Gasteiger charge is 2.52. The van der Waals surface area contributed by atoms with Crippen LogP contribution in [-0.4, -0.2) is 22.4 Å². The van der Waals surface area contributed by atoms with Crippen molar-refractivity contribution >= 4 is 0 Å². The molecule has 2 aliphatic carbocycles. The van der Waals surface area contributed by atoms with Gasteiger partial charge in [0.2, 0.25) is 0 Å². The fourth-order valence-corrected chi connectivity index (χ4v) is 1.84. The second kappa shape index (κ2) is 1.25. The molecule has 2 aliphatic rings. The minimum absolute atomic E-state index is 0.177. The van der Waals surface area contributed by atoms with Crippen molar-refractivity contribution in [3.63, 3.8) is 0 Å². The first-order valence-corrected chi connectivity index (χ1v) is 3.15. The van der Waals surface area contributed by atoms with Crippen LogP contribution in [0.4, 0.5) is 0 Å². The lowest BCUT2D eigenvalue weighted by molar-refractivity contribution is -0.176. The second-order valence-corrected chi connectivity index (χ2v) is 2.94. The van der Waals surface area contributed by atoms with Crippen molar-refractivity contribution in [1.29, 1.82) is 0 Å². The van der Waals surface area contributed by atoms with Crippen molar-refractivity contribution in [3.05, 3.63) is 0 Å². The first-order chi connectivity index (χ1) is 3.79. The zero-order valence-electron chi connectivity index (χ0n) is 4.62. The molecule has 2 heteroatoms. The van der Waals surface area contributed by atoms with Gasteiger partial charge in [-0.15, -0.1) is 0 Å². The van der Waals surface area contributed by atoms with E-state index in [2.05, 4.69) is 0 Å². The molecule has 2 unspecified atom stereocenters. The molecule has 0 radical (unpaired) electrons. The van der Waals surface area contributed by atoms with Crippen LogP contribution in [0, 0.1) is 11.8 Å². The Balaban J connectivity index is 1.99. The lowest BCUT2D eigenvalue weighted by Gasteiger charge is -2.53. The number of hydrogen-bond donors (Lipinski definition) is 2. The van der Waals surface area contributed by atoms with Crippen LogP contribution in [-0.2, 0) is 0 Å². The van der Waals surface area contributed by atoms with Crippen LogP contribution in [0.1, 0.15) is 12.8 Å². The fourth-order valence-electron chi connectivity index (χ4n) is 1.84. The maximum atomic E-state index is 8.95. The van der Waals surface area contributed by atoms with Crippen LogP contribution in [0.2, 0.25) is 0 Å². The average Bonchev–Trinajstić information content (AvgIpc) is 1.63. The Bertz CT molecular complexity index is 94.3. The Hall–Kier alpha value is -0.0800. The van der Waals surface area contributed by atoms with E-state index in [9.17, 15) is 0 Å². The van der Waals surface area contributed by atoms with Crippen LogP contribution in [0.25, 0.3) is 0 Å². The van der Waals surface area contributed by atoms with Crippen molar-refractivity contribution in [1.82, 2.24) is 0 Å². The molecule has 2 fully saturated rings. The van der Waals surface area contributed by atoms with E-state index in [0.717, 1.165) is 12.8 Å². The molecule has 0 aromatic heterocycles. The third-order valence-corrected chi connectivity index (χ3v) is 2.52. The Morgan fingerprint density at radius 3 is 1.62 bits per heavy atom. The van der Waals surface area contributed by atoms with E-state index < -0.39 is 0 Å². The van der Waals surface area contributed by atoms with Gasteiger partial charge in [0.05, 0.1) is 12.2 Å². The van der Waals surface area contributed by atoms with Gasteiger partial charge in [0, 0.05) is 5.92 Å². The highest BCUT2D eigenvalue weighted by atomic mass is 16.3. The van der Waals surface area contributed by atoms with Crippen LogP contribution < -0.4 is 0 Å². The van der Waals surface area contributed by atoms with Gasteiger partial charge in [-0.05, 0) is 18.8 Å². The molecule has 0 amide bonds. The van der Waals surface area contributed by atoms with Gasteiger partial charge in [-0.2, -0.15) is 0 Å². The second-order valence-electron chi connectivity index (χ2n) is 2.94. The van der Waals surface area contributed by atoms with Gasteiger partial charge in [0.25, 0.3) is 0 Å². The minimum Gasteiger partial charge on any atom is -0.393 e. The van der Waals surface area contributed by atoms with E-state index in [1.54, 1.807) is 0 Å². The maximum Gasteiger partial charge on any atom is 0.0598 e. The Morgan fingerprint density at radius 2 is 1.50 bits per heavy atom. The summed E-state index contributed by atoms with van der Waals surface area (Å²) < 4.78 is 0. The summed E-state index contributed by atoms with van der Waals surface area (Å²) in [6, 6.07) is 0. The molecule has 2 rings (SSSR count). The van der Waals surface area contributed by atoms with Gasteiger partial charge in [-0.3, -0.25) is 0 Å². The summed E-state index contributed by atoms with van der Waals surface area (Å²) in [7, 11) is 0. The van der Waals surface area contributed by atoms with Gasteiger partial charge in [-0.1, -0.05) is 0 Å². The summed E-state index contributed by atoms with van der Waals surface area (Å²) >= 11 is 0. The quantitative estimate of drug-likeness (QED) is 0.456. The third-order valence-electron chi connectivity index (χ3n) is 2.52. The van der Waals surface area contributed by atoms with Crippen molar-refractivity contribution in [2.24, 2.45) is 11.8 Å². The molecule has 8 heavy (non-hydrogen) atoms. The molecule has 0 spiro atoms. The first kappa shape index (κ1) is 4.77. The molecule has 2 N–H and O–H groups in total. The Kier molecular flexibility index (Phi) is 0.746. The molecule has 0 saturated heterocycles. The number of aliphatic hydroxyl groups is 2. The van der Waals surface area contributed by atoms with Crippen molar-refractivity contribution < 1.29 is 10.2 Å². The molecule has 46 valence electrons. The monoisotopic (exact) mass is 114 g/mol. The average molecular weight is 114 g/mol. The number of aliphatic hydroxyl groups excluding tert-OH is 2. The lowest BCUT2D eigenvalue weighted by Crippen LogP contribution is -2.57. The molecule has 0 heterocycles. The molecule has 0 aliphatic heterocycles. The largest absolute Gasteiger partial charge is 0.393 e. The number of fused-ring (bicyclic) bond motifs is 1. The van der Waals surface area contributed by atoms with Gasteiger partial charge < -0.3 is 10.2 Å². The minimum atomic E-state index is -0.177. The summed E-state index contributed by atoms with van der Waals surface area (Å²) in [5.41, 5.74) is 0. The van der Waals surface area contributed by atoms with Crippen LogP contribution in [0.15, 0.2) is 0 Å². The fraction of sp³-hybridized carbons (Fsp3) is 1.00. The normalized spacial score (nSPS) is 60.8. The van der Waals surface area contributed by atoms with Gasteiger partial charge in [0.1, 0.15) is 0 Å². The summed E-state index contributed by atoms with van der Waals surface area (Å²) in [6.07, 6.45) is 1.51. The molecular formula is C6H10O2. The van der Waals surface area contributed by atoms with E-state index in [0.29, 0.717) is 5.92 Å².